The molecule has 2 aliphatic heterocycles. The minimum absolute atomic E-state index is 0.0462. The number of nitrogens with zero attached hydrogens (tertiary/aromatic N) is 2. The van der Waals surface area contributed by atoms with Gasteiger partial charge in [0.05, 0.1) is 11.3 Å². The number of sulfonamides is 1. The number of carbonyl (C=O) groups excluding carboxylic acids is 1. The van der Waals surface area contributed by atoms with E-state index in [0.29, 0.717) is 45.4 Å². The van der Waals surface area contributed by atoms with Crippen molar-refractivity contribution in [3.05, 3.63) is 34.9 Å². The summed E-state index contributed by atoms with van der Waals surface area (Å²) in [6.45, 7) is 3.44. The summed E-state index contributed by atoms with van der Waals surface area (Å²) >= 11 is 0. The summed E-state index contributed by atoms with van der Waals surface area (Å²) < 4.78 is 25.4. The van der Waals surface area contributed by atoms with Crippen molar-refractivity contribution < 1.29 is 23.1 Å². The number of piperidine rings is 1. The molecule has 2 aliphatic rings. The van der Waals surface area contributed by atoms with Crippen LogP contribution in [0.1, 0.15) is 41.3 Å². The van der Waals surface area contributed by atoms with Gasteiger partial charge >= 0.3 is 5.97 Å². The van der Waals surface area contributed by atoms with E-state index < -0.39 is 16.0 Å². The molecule has 0 unspecified atom stereocenters. The van der Waals surface area contributed by atoms with Crippen LogP contribution in [0.25, 0.3) is 0 Å². The highest BCUT2D eigenvalue weighted by molar-refractivity contribution is 7.89. The minimum Gasteiger partial charge on any atom is -0.478 e. The Labute approximate surface area is 153 Å². The average Bonchev–Trinajstić information content (AvgIpc) is 2.66. The van der Waals surface area contributed by atoms with Crippen molar-refractivity contribution in [2.75, 3.05) is 25.4 Å². The molecule has 2 heterocycles. The largest absolute Gasteiger partial charge is 0.478 e. The lowest BCUT2D eigenvalue weighted by atomic mass is 9.93. The Bertz CT molecular complexity index is 813. The van der Waals surface area contributed by atoms with Gasteiger partial charge in [0.15, 0.2) is 0 Å². The Kier molecular flexibility index (Phi) is 5.34. The molecule has 0 radical (unpaired) electrons. The Balaban J connectivity index is 1.65. The van der Waals surface area contributed by atoms with Crippen LogP contribution >= 0.6 is 0 Å². The van der Waals surface area contributed by atoms with Crippen LogP contribution in [-0.2, 0) is 27.8 Å². The van der Waals surface area contributed by atoms with E-state index in [4.69, 9.17) is 5.11 Å². The highest BCUT2D eigenvalue weighted by Crippen LogP contribution is 2.26. The average molecular weight is 380 g/mol. The topological polar surface area (TPSA) is 95.0 Å². The molecular formula is C18H24N2O5S. The summed E-state index contributed by atoms with van der Waals surface area (Å²) in [5.74, 6) is -1.01. The first kappa shape index (κ1) is 18.8. The minimum atomic E-state index is -3.20. The number of rotatable bonds is 4. The lowest BCUT2D eigenvalue weighted by Crippen LogP contribution is -2.46. The smallest absolute Gasteiger partial charge is 0.335 e. The van der Waals surface area contributed by atoms with Crippen LogP contribution in [0, 0.1) is 5.92 Å². The molecule has 1 fully saturated rings. The molecule has 1 aromatic rings. The van der Waals surface area contributed by atoms with Crippen molar-refractivity contribution in [2.45, 2.75) is 32.7 Å². The Hall–Kier alpha value is -1.93. The predicted molar refractivity (Wildman–Crippen MR) is 96.3 cm³/mol. The maximum Gasteiger partial charge on any atom is 0.335 e. The summed E-state index contributed by atoms with van der Waals surface area (Å²) in [5.41, 5.74) is 2.20. The van der Waals surface area contributed by atoms with E-state index in [1.807, 2.05) is 6.07 Å². The molecule has 142 valence electrons. The van der Waals surface area contributed by atoms with Gasteiger partial charge in [-0.15, -0.1) is 0 Å². The summed E-state index contributed by atoms with van der Waals surface area (Å²) in [6.07, 6.45) is 1.79. The molecule has 3 rings (SSSR count). The van der Waals surface area contributed by atoms with Crippen molar-refractivity contribution in [3.8, 4) is 0 Å². The predicted octanol–water partition coefficient (Wildman–Crippen LogP) is 1.33. The number of amides is 1. The third kappa shape index (κ3) is 3.76. The van der Waals surface area contributed by atoms with Gasteiger partial charge in [0.1, 0.15) is 0 Å². The van der Waals surface area contributed by atoms with Crippen LogP contribution in [-0.4, -0.2) is 60.0 Å². The van der Waals surface area contributed by atoms with Crippen LogP contribution in [0.2, 0.25) is 0 Å². The molecule has 0 aliphatic carbocycles. The van der Waals surface area contributed by atoms with E-state index in [1.165, 1.54) is 4.31 Å². The number of carboxylic acid groups (broad SMARTS) is 1. The molecule has 7 nitrogen and oxygen atoms in total. The number of carboxylic acids is 1. The van der Waals surface area contributed by atoms with Crippen LogP contribution in [0.15, 0.2) is 18.2 Å². The van der Waals surface area contributed by atoms with Gasteiger partial charge in [0, 0.05) is 32.1 Å². The molecule has 0 atom stereocenters. The Morgan fingerprint density at radius 3 is 2.46 bits per heavy atom. The summed E-state index contributed by atoms with van der Waals surface area (Å²) in [6, 6.07) is 5.07. The monoisotopic (exact) mass is 380 g/mol. The molecule has 26 heavy (non-hydrogen) atoms. The highest BCUT2D eigenvalue weighted by Gasteiger charge is 2.33. The van der Waals surface area contributed by atoms with Crippen molar-refractivity contribution in [1.82, 2.24) is 9.21 Å². The van der Waals surface area contributed by atoms with Crippen LogP contribution < -0.4 is 0 Å². The molecule has 1 aromatic carbocycles. The Morgan fingerprint density at radius 2 is 1.85 bits per heavy atom. The molecular weight excluding hydrogens is 356 g/mol. The van der Waals surface area contributed by atoms with E-state index in [-0.39, 0.29) is 23.1 Å². The first-order valence-electron chi connectivity index (χ1n) is 8.93. The standard InChI is InChI=1S/C18H24N2O5S/c1-2-26(24,25)20-9-6-14(7-10-20)17(21)19-8-5-13-3-4-15(18(22)23)11-16(13)12-19/h3-4,11,14H,2,5-10,12H2,1H3,(H,22,23). The molecule has 1 saturated heterocycles. The second-order valence-electron chi connectivity index (χ2n) is 6.87. The SMILES string of the molecule is CCS(=O)(=O)N1CCC(C(=O)N2CCc3ccc(C(=O)O)cc3C2)CC1. The molecule has 0 aromatic heterocycles. The molecule has 1 N–H and O–H groups in total. The summed E-state index contributed by atoms with van der Waals surface area (Å²) in [7, 11) is -3.20. The molecule has 0 spiro atoms. The van der Waals surface area contributed by atoms with Gasteiger partial charge in [0.25, 0.3) is 0 Å². The quantitative estimate of drug-likeness (QED) is 0.850. The molecule has 0 bridgehead atoms. The van der Waals surface area contributed by atoms with Crippen LogP contribution in [0.3, 0.4) is 0 Å². The maximum absolute atomic E-state index is 12.8. The van der Waals surface area contributed by atoms with E-state index >= 15 is 0 Å². The van der Waals surface area contributed by atoms with Gasteiger partial charge in [-0.2, -0.15) is 0 Å². The second-order valence-corrected chi connectivity index (χ2v) is 9.13. The van der Waals surface area contributed by atoms with Gasteiger partial charge in [-0.1, -0.05) is 6.07 Å². The Morgan fingerprint density at radius 1 is 1.15 bits per heavy atom. The zero-order chi connectivity index (χ0) is 18.9. The second kappa shape index (κ2) is 7.36. The fourth-order valence-corrected chi connectivity index (χ4v) is 4.83. The van der Waals surface area contributed by atoms with Crippen molar-refractivity contribution >= 4 is 21.9 Å². The number of hydrogen-bond acceptors (Lipinski definition) is 4. The van der Waals surface area contributed by atoms with Gasteiger partial charge in [-0.25, -0.2) is 17.5 Å². The fraction of sp³-hybridized carbons (Fsp3) is 0.556. The number of aromatic carboxylic acids is 1. The lowest BCUT2D eigenvalue weighted by molar-refractivity contribution is -0.137. The van der Waals surface area contributed by atoms with Gasteiger partial charge in [-0.05, 0) is 49.4 Å². The van der Waals surface area contributed by atoms with E-state index in [2.05, 4.69) is 0 Å². The van der Waals surface area contributed by atoms with E-state index in [0.717, 1.165) is 11.1 Å². The number of hydrogen-bond donors (Lipinski definition) is 1. The molecule has 8 heteroatoms. The van der Waals surface area contributed by atoms with E-state index in [9.17, 15) is 18.0 Å². The van der Waals surface area contributed by atoms with E-state index in [1.54, 1.807) is 24.0 Å². The fourth-order valence-electron chi connectivity index (χ4n) is 3.70. The third-order valence-corrected chi connectivity index (χ3v) is 7.22. The number of benzene rings is 1. The van der Waals surface area contributed by atoms with Gasteiger partial charge in [0.2, 0.25) is 15.9 Å². The third-order valence-electron chi connectivity index (χ3n) is 5.34. The zero-order valence-electron chi connectivity index (χ0n) is 14.8. The van der Waals surface area contributed by atoms with Crippen molar-refractivity contribution in [3.63, 3.8) is 0 Å². The molecule has 0 saturated carbocycles. The van der Waals surface area contributed by atoms with Crippen LogP contribution in [0.5, 0.6) is 0 Å². The normalized spacial score (nSPS) is 19.2. The molecule has 1 amide bonds. The van der Waals surface area contributed by atoms with Crippen molar-refractivity contribution in [2.24, 2.45) is 5.92 Å². The maximum atomic E-state index is 12.8. The first-order valence-corrected chi connectivity index (χ1v) is 10.5. The van der Waals surface area contributed by atoms with Gasteiger partial charge < -0.3 is 10.0 Å². The summed E-state index contributed by atoms with van der Waals surface area (Å²) in [5, 5.41) is 9.14. The van der Waals surface area contributed by atoms with Crippen LogP contribution in [0.4, 0.5) is 0 Å². The highest BCUT2D eigenvalue weighted by atomic mass is 32.2. The van der Waals surface area contributed by atoms with Crippen molar-refractivity contribution in [1.29, 1.82) is 0 Å². The first-order chi connectivity index (χ1) is 12.3. The number of fused-ring (bicyclic) bond motifs is 1. The lowest BCUT2D eigenvalue weighted by Gasteiger charge is -2.35. The summed E-state index contributed by atoms with van der Waals surface area (Å²) in [4.78, 5) is 25.8. The van der Waals surface area contributed by atoms with Gasteiger partial charge in [-0.3, -0.25) is 4.79 Å². The number of carbonyl (C=O) groups is 2. The zero-order valence-corrected chi connectivity index (χ0v) is 15.7.